The van der Waals surface area contributed by atoms with E-state index >= 15 is 0 Å². The van der Waals surface area contributed by atoms with Crippen molar-refractivity contribution in [2.24, 2.45) is 0 Å². The van der Waals surface area contributed by atoms with Gasteiger partial charge in [-0.2, -0.15) is 0 Å². The summed E-state index contributed by atoms with van der Waals surface area (Å²) in [4.78, 5) is 21.7. The second-order valence-electron chi connectivity index (χ2n) is 4.36. The van der Waals surface area contributed by atoms with Crippen LogP contribution in [-0.2, 0) is 25.2 Å². The van der Waals surface area contributed by atoms with Crippen LogP contribution in [-0.4, -0.2) is 37.2 Å². The molecule has 0 aliphatic carbocycles. The first kappa shape index (κ1) is 17.0. The van der Waals surface area contributed by atoms with Crippen LogP contribution in [0.4, 0.5) is 8.78 Å². The molecular formula is C12H13F2NO5S. The largest absolute Gasteiger partial charge is 0.480 e. The van der Waals surface area contributed by atoms with Gasteiger partial charge in [0.15, 0.2) is 21.5 Å². The summed E-state index contributed by atoms with van der Waals surface area (Å²) in [5.41, 5.74) is -0.401. The second kappa shape index (κ2) is 6.61. The van der Waals surface area contributed by atoms with Crippen LogP contribution < -0.4 is 5.32 Å². The molecule has 21 heavy (non-hydrogen) atoms. The summed E-state index contributed by atoms with van der Waals surface area (Å²) in [6.45, 7) is 1.04. The summed E-state index contributed by atoms with van der Waals surface area (Å²) in [5, 5.41) is 10.8. The lowest BCUT2D eigenvalue weighted by Crippen LogP contribution is -2.44. The van der Waals surface area contributed by atoms with Gasteiger partial charge in [-0.25, -0.2) is 22.0 Å². The Balaban J connectivity index is 2.93. The molecule has 0 aliphatic heterocycles. The Labute approximate surface area is 119 Å². The third-order valence-electron chi connectivity index (χ3n) is 2.50. The number of benzene rings is 1. The van der Waals surface area contributed by atoms with Gasteiger partial charge < -0.3 is 10.4 Å². The van der Waals surface area contributed by atoms with E-state index in [9.17, 15) is 26.8 Å². The quantitative estimate of drug-likeness (QED) is 0.793. The number of rotatable bonds is 6. The highest BCUT2D eigenvalue weighted by Gasteiger charge is 2.27. The van der Waals surface area contributed by atoms with Crippen molar-refractivity contribution >= 4 is 21.7 Å². The van der Waals surface area contributed by atoms with E-state index in [2.05, 4.69) is 0 Å². The molecule has 1 unspecified atom stereocenters. The van der Waals surface area contributed by atoms with E-state index in [0.29, 0.717) is 0 Å². The van der Waals surface area contributed by atoms with Crippen LogP contribution in [0.15, 0.2) is 18.2 Å². The predicted octanol–water partition coefficient (Wildman–Crippen LogP) is 0.469. The number of carboxylic acid groups (broad SMARTS) is 1. The Hall–Kier alpha value is -2.03. The van der Waals surface area contributed by atoms with Crippen LogP contribution in [0.3, 0.4) is 0 Å². The lowest BCUT2D eigenvalue weighted by atomic mass is 10.2. The van der Waals surface area contributed by atoms with Gasteiger partial charge in [0.25, 0.3) is 0 Å². The van der Waals surface area contributed by atoms with Gasteiger partial charge in [0.2, 0.25) is 5.91 Å². The molecule has 0 saturated carbocycles. The Morgan fingerprint density at radius 2 is 1.95 bits per heavy atom. The zero-order valence-electron chi connectivity index (χ0n) is 11.0. The molecule has 1 aromatic carbocycles. The highest BCUT2D eigenvalue weighted by Crippen LogP contribution is 2.15. The molecular weight excluding hydrogens is 308 g/mol. The molecule has 0 aliphatic rings. The summed E-state index contributed by atoms with van der Waals surface area (Å²) in [6, 6.07) is 1.42. The number of hydrogen-bond acceptors (Lipinski definition) is 4. The van der Waals surface area contributed by atoms with Crippen LogP contribution in [0.5, 0.6) is 0 Å². The monoisotopic (exact) mass is 321 g/mol. The summed E-state index contributed by atoms with van der Waals surface area (Å²) < 4.78 is 50.1. The molecule has 116 valence electrons. The fourth-order valence-corrected chi connectivity index (χ4v) is 3.18. The van der Waals surface area contributed by atoms with Crippen molar-refractivity contribution in [3.8, 4) is 0 Å². The molecule has 0 radical (unpaired) electrons. The number of halogens is 2. The van der Waals surface area contributed by atoms with Gasteiger partial charge in [0.1, 0.15) is 6.04 Å². The molecule has 0 saturated heterocycles. The summed E-state index contributed by atoms with van der Waals surface area (Å²) in [5.74, 6) is -6.52. The Bertz CT molecular complexity index is 660. The molecule has 0 spiro atoms. The number of hydrogen-bond donors (Lipinski definition) is 2. The molecule has 0 bridgehead atoms. The number of sulfone groups is 1. The third kappa shape index (κ3) is 5.10. The fourth-order valence-electron chi connectivity index (χ4n) is 1.63. The molecule has 1 atom stereocenters. The first-order chi connectivity index (χ1) is 9.62. The first-order valence-corrected chi connectivity index (χ1v) is 7.58. The number of nitrogens with one attached hydrogen (secondary N) is 1. The maximum absolute atomic E-state index is 13.4. The molecule has 0 fully saturated rings. The molecule has 1 rings (SSSR count). The number of aliphatic carboxylic acids is 1. The number of carbonyl (C=O) groups excluding carboxylic acids is 1. The standard InChI is InChI=1S/C12H13F2NO5S/c1-7(16)15-10(12(17)18)6-21(19,20)5-8-3-2-4-9(13)11(8)14/h2-4,10H,5-6H2,1H3,(H,15,16)(H,17,18). The van der Waals surface area contributed by atoms with E-state index in [1.165, 1.54) is 0 Å². The molecule has 6 nitrogen and oxygen atoms in total. The van der Waals surface area contributed by atoms with Crippen LogP contribution >= 0.6 is 0 Å². The van der Waals surface area contributed by atoms with Crippen molar-refractivity contribution in [1.29, 1.82) is 0 Å². The summed E-state index contributed by atoms with van der Waals surface area (Å²) in [6.07, 6.45) is 0. The number of carbonyl (C=O) groups is 2. The van der Waals surface area contributed by atoms with Gasteiger partial charge in [0, 0.05) is 12.5 Å². The molecule has 0 aromatic heterocycles. The van der Waals surface area contributed by atoms with Gasteiger partial charge >= 0.3 is 5.97 Å². The molecule has 1 amide bonds. The van der Waals surface area contributed by atoms with E-state index < -0.39 is 56.5 Å². The van der Waals surface area contributed by atoms with Crippen LogP contribution in [0.2, 0.25) is 0 Å². The second-order valence-corrected chi connectivity index (χ2v) is 6.47. The molecule has 0 heterocycles. The van der Waals surface area contributed by atoms with Gasteiger partial charge in [0.05, 0.1) is 11.5 Å². The minimum Gasteiger partial charge on any atom is -0.480 e. The lowest BCUT2D eigenvalue weighted by molar-refractivity contribution is -0.140. The fraction of sp³-hybridized carbons (Fsp3) is 0.333. The zero-order chi connectivity index (χ0) is 16.2. The highest BCUT2D eigenvalue weighted by molar-refractivity contribution is 7.90. The third-order valence-corrected chi connectivity index (χ3v) is 4.10. The highest BCUT2D eigenvalue weighted by atomic mass is 32.2. The average Bonchev–Trinajstić information content (AvgIpc) is 2.33. The smallest absolute Gasteiger partial charge is 0.327 e. The van der Waals surface area contributed by atoms with Crippen molar-refractivity contribution < 1.29 is 31.9 Å². The van der Waals surface area contributed by atoms with Crippen molar-refractivity contribution in [2.45, 2.75) is 18.7 Å². The molecule has 1 aromatic rings. The molecule has 9 heteroatoms. The summed E-state index contributed by atoms with van der Waals surface area (Å²) in [7, 11) is -4.07. The van der Waals surface area contributed by atoms with E-state index in [1.54, 1.807) is 0 Å². The van der Waals surface area contributed by atoms with Crippen molar-refractivity contribution in [2.75, 3.05) is 5.75 Å². The maximum atomic E-state index is 13.4. The zero-order valence-corrected chi connectivity index (χ0v) is 11.8. The number of amides is 1. The Morgan fingerprint density at radius 3 is 2.48 bits per heavy atom. The van der Waals surface area contributed by atoms with E-state index in [-0.39, 0.29) is 0 Å². The Morgan fingerprint density at radius 1 is 1.33 bits per heavy atom. The summed E-state index contributed by atoms with van der Waals surface area (Å²) >= 11 is 0. The minimum atomic E-state index is -4.07. The van der Waals surface area contributed by atoms with Crippen LogP contribution in [0.1, 0.15) is 12.5 Å². The normalized spacial score (nSPS) is 12.7. The average molecular weight is 321 g/mol. The minimum absolute atomic E-state index is 0.401. The van der Waals surface area contributed by atoms with Crippen LogP contribution in [0, 0.1) is 11.6 Å². The topological polar surface area (TPSA) is 101 Å². The van der Waals surface area contributed by atoms with Gasteiger partial charge in [-0.15, -0.1) is 0 Å². The van der Waals surface area contributed by atoms with Gasteiger partial charge in [-0.1, -0.05) is 12.1 Å². The predicted molar refractivity (Wildman–Crippen MR) is 69.1 cm³/mol. The molecule has 2 N–H and O–H groups in total. The van der Waals surface area contributed by atoms with Crippen molar-refractivity contribution in [1.82, 2.24) is 5.32 Å². The SMILES string of the molecule is CC(=O)NC(CS(=O)(=O)Cc1cccc(F)c1F)C(=O)O. The van der Waals surface area contributed by atoms with E-state index in [0.717, 1.165) is 25.1 Å². The van der Waals surface area contributed by atoms with E-state index in [4.69, 9.17) is 5.11 Å². The van der Waals surface area contributed by atoms with Crippen LogP contribution in [0.25, 0.3) is 0 Å². The maximum Gasteiger partial charge on any atom is 0.327 e. The lowest BCUT2D eigenvalue weighted by Gasteiger charge is -2.13. The first-order valence-electron chi connectivity index (χ1n) is 5.75. The van der Waals surface area contributed by atoms with Crippen molar-refractivity contribution in [3.05, 3.63) is 35.4 Å². The van der Waals surface area contributed by atoms with Crippen molar-refractivity contribution in [3.63, 3.8) is 0 Å². The number of carboxylic acids is 1. The van der Waals surface area contributed by atoms with Gasteiger partial charge in [-0.05, 0) is 6.07 Å². The Kier molecular flexibility index (Phi) is 5.36. The van der Waals surface area contributed by atoms with E-state index in [1.807, 2.05) is 5.32 Å². The van der Waals surface area contributed by atoms with Gasteiger partial charge in [-0.3, -0.25) is 4.79 Å².